The van der Waals surface area contributed by atoms with Crippen LogP contribution in [0.4, 0.5) is 0 Å². The average molecular weight is 288 g/mol. The van der Waals surface area contributed by atoms with E-state index in [1.807, 2.05) is 0 Å². The summed E-state index contributed by atoms with van der Waals surface area (Å²) < 4.78 is 9.75. The highest BCUT2D eigenvalue weighted by atomic mass is 16.5. The second-order valence-corrected chi connectivity index (χ2v) is 4.77. The van der Waals surface area contributed by atoms with Crippen LogP contribution in [0.2, 0.25) is 0 Å². The molecule has 0 rings (SSSR count). The van der Waals surface area contributed by atoms with Crippen LogP contribution in [-0.2, 0) is 19.1 Å². The molecule has 0 bridgehead atoms. The SMILES string of the molecule is CCOC(=O)CCCC(CCO)CCCC(=O)OCC. The molecule has 5 heteroatoms. The molecule has 0 aromatic rings. The van der Waals surface area contributed by atoms with Crippen LogP contribution in [0.3, 0.4) is 0 Å². The van der Waals surface area contributed by atoms with E-state index in [1.54, 1.807) is 13.8 Å². The molecule has 1 N–H and O–H groups in total. The van der Waals surface area contributed by atoms with Crippen molar-refractivity contribution in [3.05, 3.63) is 0 Å². The third kappa shape index (κ3) is 10.8. The van der Waals surface area contributed by atoms with Gasteiger partial charge in [-0.2, -0.15) is 0 Å². The third-order valence-corrected chi connectivity index (χ3v) is 3.13. The predicted molar refractivity (Wildman–Crippen MR) is 76.2 cm³/mol. The minimum atomic E-state index is -0.165. The normalized spacial score (nSPS) is 10.6. The van der Waals surface area contributed by atoms with Crippen LogP contribution >= 0.6 is 0 Å². The summed E-state index contributed by atoms with van der Waals surface area (Å²) in [6.45, 7) is 4.56. The Morgan fingerprint density at radius 2 is 1.35 bits per heavy atom. The number of rotatable bonds is 12. The van der Waals surface area contributed by atoms with E-state index in [1.165, 1.54) is 0 Å². The lowest BCUT2D eigenvalue weighted by Gasteiger charge is -2.15. The Labute approximate surface area is 121 Å². The number of aliphatic hydroxyl groups is 1. The third-order valence-electron chi connectivity index (χ3n) is 3.13. The summed E-state index contributed by atoms with van der Waals surface area (Å²) in [5, 5.41) is 9.04. The standard InChI is InChI=1S/C15H28O5/c1-3-19-14(17)9-5-7-13(11-12-16)8-6-10-15(18)20-4-2/h13,16H,3-12H2,1-2H3. The van der Waals surface area contributed by atoms with Crippen molar-refractivity contribution in [1.82, 2.24) is 0 Å². The molecule has 0 aromatic carbocycles. The zero-order valence-electron chi connectivity index (χ0n) is 12.7. The number of hydrogen-bond acceptors (Lipinski definition) is 5. The van der Waals surface area contributed by atoms with E-state index in [2.05, 4.69) is 0 Å². The molecule has 0 unspecified atom stereocenters. The zero-order valence-corrected chi connectivity index (χ0v) is 12.7. The van der Waals surface area contributed by atoms with E-state index in [-0.39, 0.29) is 18.5 Å². The molecule has 0 amide bonds. The second-order valence-electron chi connectivity index (χ2n) is 4.77. The number of ether oxygens (including phenoxy) is 2. The van der Waals surface area contributed by atoms with Gasteiger partial charge in [0.25, 0.3) is 0 Å². The maximum Gasteiger partial charge on any atom is 0.305 e. The topological polar surface area (TPSA) is 72.8 Å². The van der Waals surface area contributed by atoms with Crippen LogP contribution in [0.25, 0.3) is 0 Å². The van der Waals surface area contributed by atoms with Crippen LogP contribution in [-0.4, -0.2) is 36.9 Å². The van der Waals surface area contributed by atoms with Gasteiger partial charge in [0.2, 0.25) is 0 Å². The summed E-state index contributed by atoms with van der Waals surface area (Å²) in [6, 6.07) is 0. The first kappa shape index (κ1) is 18.9. The Bertz CT molecular complexity index is 241. The van der Waals surface area contributed by atoms with Crippen molar-refractivity contribution in [1.29, 1.82) is 0 Å². The molecule has 0 fully saturated rings. The molecule has 20 heavy (non-hydrogen) atoms. The smallest absolute Gasteiger partial charge is 0.305 e. The highest BCUT2D eigenvalue weighted by Gasteiger charge is 2.11. The predicted octanol–water partition coefficient (Wildman–Crippen LogP) is 2.45. The fraction of sp³-hybridized carbons (Fsp3) is 0.867. The van der Waals surface area contributed by atoms with E-state index < -0.39 is 0 Å². The molecule has 0 aliphatic heterocycles. The van der Waals surface area contributed by atoms with Gasteiger partial charge in [-0.25, -0.2) is 0 Å². The van der Waals surface area contributed by atoms with Crippen molar-refractivity contribution < 1.29 is 24.2 Å². The molecule has 118 valence electrons. The van der Waals surface area contributed by atoms with Crippen LogP contribution in [0.15, 0.2) is 0 Å². The van der Waals surface area contributed by atoms with Gasteiger partial charge in [0, 0.05) is 19.4 Å². The molecule has 0 aromatic heterocycles. The summed E-state index contributed by atoms with van der Waals surface area (Å²) >= 11 is 0. The molecule has 0 atom stereocenters. The van der Waals surface area contributed by atoms with Gasteiger partial charge < -0.3 is 14.6 Å². The molecular formula is C15H28O5. The highest BCUT2D eigenvalue weighted by Crippen LogP contribution is 2.20. The van der Waals surface area contributed by atoms with E-state index in [0.29, 0.717) is 38.4 Å². The Kier molecular flexibility index (Phi) is 12.2. The van der Waals surface area contributed by atoms with E-state index >= 15 is 0 Å². The van der Waals surface area contributed by atoms with E-state index in [4.69, 9.17) is 14.6 Å². The van der Waals surface area contributed by atoms with Crippen molar-refractivity contribution in [2.24, 2.45) is 5.92 Å². The Hall–Kier alpha value is -1.10. The number of carbonyl (C=O) groups is 2. The van der Waals surface area contributed by atoms with Crippen molar-refractivity contribution in [3.8, 4) is 0 Å². The van der Waals surface area contributed by atoms with Crippen molar-refractivity contribution in [3.63, 3.8) is 0 Å². The second kappa shape index (κ2) is 12.9. The Morgan fingerprint density at radius 1 is 0.900 bits per heavy atom. The van der Waals surface area contributed by atoms with Crippen LogP contribution < -0.4 is 0 Å². The van der Waals surface area contributed by atoms with Gasteiger partial charge in [-0.1, -0.05) is 0 Å². The van der Waals surface area contributed by atoms with Crippen LogP contribution in [0.5, 0.6) is 0 Å². The molecule has 0 heterocycles. The minimum Gasteiger partial charge on any atom is -0.466 e. The van der Waals surface area contributed by atoms with E-state index in [9.17, 15) is 9.59 Å². The Balaban J connectivity index is 3.80. The number of hydrogen-bond donors (Lipinski definition) is 1. The first-order chi connectivity index (χ1) is 9.63. The van der Waals surface area contributed by atoms with Gasteiger partial charge in [-0.3, -0.25) is 9.59 Å². The van der Waals surface area contributed by atoms with Gasteiger partial charge in [-0.15, -0.1) is 0 Å². The quantitative estimate of drug-likeness (QED) is 0.558. The van der Waals surface area contributed by atoms with Gasteiger partial charge in [0.1, 0.15) is 0 Å². The summed E-state index contributed by atoms with van der Waals surface area (Å²) in [7, 11) is 0. The molecule has 0 aliphatic carbocycles. The molecule has 0 spiro atoms. The molecule has 0 saturated carbocycles. The van der Waals surface area contributed by atoms with Gasteiger partial charge >= 0.3 is 11.9 Å². The largest absolute Gasteiger partial charge is 0.466 e. The lowest BCUT2D eigenvalue weighted by atomic mass is 9.93. The average Bonchev–Trinajstić information content (AvgIpc) is 2.39. The van der Waals surface area contributed by atoms with Gasteiger partial charge in [0.05, 0.1) is 13.2 Å². The maximum absolute atomic E-state index is 11.2. The van der Waals surface area contributed by atoms with Gasteiger partial charge in [0.15, 0.2) is 0 Å². The number of carbonyl (C=O) groups excluding carboxylic acids is 2. The maximum atomic E-state index is 11.2. The van der Waals surface area contributed by atoms with Crippen molar-refractivity contribution in [2.75, 3.05) is 19.8 Å². The van der Waals surface area contributed by atoms with Crippen molar-refractivity contribution >= 4 is 11.9 Å². The minimum absolute atomic E-state index is 0.142. The first-order valence-electron chi connectivity index (χ1n) is 7.56. The monoisotopic (exact) mass is 288 g/mol. The summed E-state index contributed by atoms with van der Waals surface area (Å²) in [4.78, 5) is 22.4. The lowest BCUT2D eigenvalue weighted by molar-refractivity contribution is -0.144. The van der Waals surface area contributed by atoms with E-state index in [0.717, 1.165) is 25.7 Å². The van der Waals surface area contributed by atoms with Crippen LogP contribution in [0, 0.1) is 5.92 Å². The lowest BCUT2D eigenvalue weighted by Crippen LogP contribution is -2.09. The fourth-order valence-electron chi connectivity index (χ4n) is 2.15. The fourth-order valence-corrected chi connectivity index (χ4v) is 2.15. The number of esters is 2. The molecule has 0 aliphatic rings. The summed E-state index contributed by atoms with van der Waals surface area (Å²) in [6.07, 6.45) is 4.85. The highest BCUT2D eigenvalue weighted by molar-refractivity contribution is 5.69. The molecule has 0 radical (unpaired) electrons. The molecule has 5 nitrogen and oxygen atoms in total. The molecule has 0 saturated heterocycles. The Morgan fingerprint density at radius 3 is 1.70 bits per heavy atom. The van der Waals surface area contributed by atoms with Crippen molar-refractivity contribution in [2.45, 2.75) is 58.8 Å². The summed E-state index contributed by atoms with van der Waals surface area (Å²) in [5.41, 5.74) is 0. The number of aliphatic hydroxyl groups excluding tert-OH is 1. The zero-order chi connectivity index (χ0) is 15.2. The van der Waals surface area contributed by atoms with Crippen LogP contribution in [0.1, 0.15) is 58.8 Å². The summed E-state index contributed by atoms with van der Waals surface area (Å²) in [5.74, 6) is 0.0207. The first-order valence-corrected chi connectivity index (χ1v) is 7.56. The van der Waals surface area contributed by atoms with Gasteiger partial charge in [-0.05, 0) is 51.9 Å². The molecular weight excluding hydrogens is 260 g/mol.